The van der Waals surface area contributed by atoms with Gasteiger partial charge in [-0.05, 0) is 186 Å². The molecule has 2 aromatic heterocycles. The minimum Gasteiger partial charge on any atom is -0.478 e. The van der Waals surface area contributed by atoms with Crippen LogP contribution in [0.5, 0.6) is 0 Å². The lowest BCUT2D eigenvalue weighted by Crippen LogP contribution is -2.38. The number of likely N-dealkylation sites (tertiary alicyclic amines) is 1. The number of carbonyl (C=O) groups excluding carboxylic acids is 1. The molecule has 2 aliphatic carbocycles. The third-order valence-corrected chi connectivity index (χ3v) is 14.7. The van der Waals surface area contributed by atoms with Crippen molar-refractivity contribution in [3.05, 3.63) is 140 Å². The van der Waals surface area contributed by atoms with E-state index in [9.17, 15) is 14.7 Å². The minimum absolute atomic E-state index is 0. The van der Waals surface area contributed by atoms with Gasteiger partial charge in [-0.2, -0.15) is 20.7 Å². The number of aromatic nitrogens is 6. The fourth-order valence-electron chi connectivity index (χ4n) is 10.8. The number of nitrogens with zero attached hydrogens (tertiary/aromatic N) is 7. The van der Waals surface area contributed by atoms with Gasteiger partial charge in [0.2, 0.25) is 0 Å². The van der Waals surface area contributed by atoms with Crippen molar-refractivity contribution in [2.45, 2.75) is 128 Å². The van der Waals surface area contributed by atoms with Crippen LogP contribution in [-0.4, -0.2) is 78.4 Å². The third kappa shape index (κ3) is 12.2. The highest BCUT2D eigenvalue weighted by molar-refractivity contribution is 5.97. The van der Waals surface area contributed by atoms with Crippen LogP contribution in [0.25, 0.3) is 22.8 Å². The van der Waals surface area contributed by atoms with Crippen LogP contribution in [0.15, 0.2) is 72.8 Å². The van der Waals surface area contributed by atoms with Crippen LogP contribution in [0.2, 0.25) is 0 Å². The Morgan fingerprint density at radius 1 is 0.586 bits per heavy atom. The van der Waals surface area contributed by atoms with Crippen molar-refractivity contribution in [1.29, 1.82) is 10.5 Å². The quantitative estimate of drug-likeness (QED) is 0.114. The fraction of sp³-hybridized carbons (Fsp3) is 0.429. The van der Waals surface area contributed by atoms with E-state index < -0.39 is 5.97 Å². The predicted octanol–water partition coefficient (Wildman–Crippen LogP) is 11.5. The molecule has 4 aliphatic rings. The molecule has 70 heavy (non-hydrogen) atoms. The highest BCUT2D eigenvalue weighted by Crippen LogP contribution is 2.42. The second-order valence-electron chi connectivity index (χ2n) is 19.3. The van der Waals surface area contributed by atoms with E-state index in [2.05, 4.69) is 85.1 Å². The van der Waals surface area contributed by atoms with Crippen molar-refractivity contribution in [3.8, 4) is 34.9 Å². The number of amides is 1. The number of H-pyrrole nitrogens is 2. The molecular formula is C56H65ClN10O3. The number of hydrogen-bond acceptors (Lipinski definition) is 9. The van der Waals surface area contributed by atoms with Gasteiger partial charge in [0.1, 0.15) is 11.6 Å². The largest absolute Gasteiger partial charge is 0.478 e. The van der Waals surface area contributed by atoms with Crippen LogP contribution in [0.4, 0.5) is 0 Å². The maximum Gasteiger partial charge on any atom is 0.335 e. The van der Waals surface area contributed by atoms with E-state index in [1.165, 1.54) is 73.6 Å². The summed E-state index contributed by atoms with van der Waals surface area (Å²) in [4.78, 5) is 36.0. The first-order chi connectivity index (χ1) is 33.5. The number of carboxylic acids is 1. The molecule has 4 N–H and O–H groups in total. The number of aromatic amines is 2. The Bertz CT molecular complexity index is 2810. The molecule has 0 radical (unpaired) electrons. The van der Waals surface area contributed by atoms with Gasteiger partial charge in [0.25, 0.3) is 5.91 Å². The Labute approximate surface area is 418 Å². The first-order valence-corrected chi connectivity index (χ1v) is 24.8. The number of hydrogen-bond donors (Lipinski definition) is 4. The summed E-state index contributed by atoms with van der Waals surface area (Å²) in [6, 6.07) is 28.2. The third-order valence-electron chi connectivity index (χ3n) is 14.7. The maximum atomic E-state index is 13.6. The number of rotatable bonds is 8. The molecule has 4 heterocycles. The van der Waals surface area contributed by atoms with Gasteiger partial charge in [-0.1, -0.05) is 62.1 Å². The van der Waals surface area contributed by atoms with Crippen molar-refractivity contribution in [2.75, 3.05) is 26.2 Å². The number of carbonyl (C=O) groups is 2. The Morgan fingerprint density at radius 2 is 1.00 bits per heavy atom. The predicted molar refractivity (Wildman–Crippen MR) is 274 cm³/mol. The first kappa shape index (κ1) is 51.2. The Kier molecular flexibility index (Phi) is 17.4. The number of aryl methyl sites for hydroxylation is 4. The van der Waals surface area contributed by atoms with Gasteiger partial charge in [-0.15, -0.1) is 12.4 Å². The molecule has 0 bridgehead atoms. The van der Waals surface area contributed by atoms with Crippen molar-refractivity contribution < 1.29 is 14.7 Å². The molecule has 4 fully saturated rings. The second kappa shape index (κ2) is 23.8. The molecule has 13 nitrogen and oxygen atoms in total. The summed E-state index contributed by atoms with van der Waals surface area (Å²) in [7, 11) is 0. The Morgan fingerprint density at radius 3 is 1.40 bits per heavy atom. The molecule has 14 heteroatoms. The van der Waals surface area contributed by atoms with Crippen LogP contribution in [-0.2, 0) is 0 Å². The van der Waals surface area contributed by atoms with Crippen molar-refractivity contribution in [3.63, 3.8) is 0 Å². The summed E-state index contributed by atoms with van der Waals surface area (Å²) in [5.74, 6) is 4.11. The lowest BCUT2D eigenvalue weighted by molar-refractivity contribution is 0.0692. The molecule has 4 aromatic carbocycles. The van der Waals surface area contributed by atoms with E-state index in [-0.39, 0.29) is 18.3 Å². The highest BCUT2D eigenvalue weighted by atomic mass is 35.5. The average Bonchev–Trinajstić information content (AvgIpc) is 4.25. The summed E-state index contributed by atoms with van der Waals surface area (Å²) in [5.41, 5.74) is 11.3. The number of nitrogens with one attached hydrogen (secondary N) is 3. The van der Waals surface area contributed by atoms with Gasteiger partial charge >= 0.3 is 5.97 Å². The van der Waals surface area contributed by atoms with Crippen molar-refractivity contribution in [1.82, 2.24) is 40.6 Å². The molecule has 0 atom stereocenters. The number of halogens is 1. The van der Waals surface area contributed by atoms with Gasteiger partial charge < -0.3 is 15.3 Å². The zero-order chi connectivity index (χ0) is 48.4. The number of carboxylic acid groups (broad SMARTS) is 1. The molecule has 2 saturated carbocycles. The van der Waals surface area contributed by atoms with Crippen LogP contribution in [0.1, 0.15) is 178 Å². The number of benzene rings is 4. The standard InChI is InChI=1S/C28H31N5O.C16H19N3O2.C12H14N2.ClH/c1-18-15-25(23-5-3-4-6-23)26(27-30-19(2)31-32-27)16-24(18)28(34)33-13-11-22(12-14-33)21-9-7-20(17-29)8-10-21;1-9-7-13(11-5-3-4-6-11)14(8-12(9)16(20)21)15-17-10(2)18-19-15;13-9-10-1-3-11(4-2-10)12-5-7-14-8-6-12;/h7-10,15-16,22-23H,3-6,11-14H2,1-2H3,(H,30,31,32);7-8,11H,3-6H2,1-2H3,(H,20,21)(H,17,18,19);1-4,12,14H,5-8H2;1H. The number of aromatic carboxylic acids is 1. The van der Waals surface area contributed by atoms with Crippen LogP contribution in [0.3, 0.4) is 0 Å². The summed E-state index contributed by atoms with van der Waals surface area (Å²) in [5, 5.41) is 44.9. The summed E-state index contributed by atoms with van der Waals surface area (Å²) in [6.07, 6.45) is 14.0. The topological polar surface area (TPSA) is 200 Å². The van der Waals surface area contributed by atoms with Gasteiger partial charge in [-0.25, -0.2) is 14.8 Å². The zero-order valence-corrected chi connectivity index (χ0v) is 41.7. The fourth-order valence-corrected chi connectivity index (χ4v) is 10.8. The zero-order valence-electron chi connectivity index (χ0n) is 40.9. The molecule has 1 amide bonds. The highest BCUT2D eigenvalue weighted by Gasteiger charge is 2.29. The molecular weight excluding hydrogens is 896 g/mol. The van der Waals surface area contributed by atoms with Crippen LogP contribution in [0, 0.1) is 50.4 Å². The van der Waals surface area contributed by atoms with E-state index in [1.54, 1.807) is 6.07 Å². The Balaban J connectivity index is 0.000000170. The molecule has 0 spiro atoms. The van der Waals surface area contributed by atoms with Crippen molar-refractivity contribution in [2.24, 2.45) is 0 Å². The molecule has 364 valence electrons. The van der Waals surface area contributed by atoms with Gasteiger partial charge in [-0.3, -0.25) is 15.0 Å². The molecule has 2 saturated heterocycles. The van der Waals surface area contributed by atoms with Gasteiger partial charge in [0.05, 0.1) is 28.8 Å². The first-order valence-electron chi connectivity index (χ1n) is 24.8. The SMILES string of the molecule is Cc1nc(-c2cc(C(=O)N3CCC(c4ccc(C#N)cc4)CC3)c(C)cc2C2CCCC2)n[nH]1.Cc1nc(-c2cc(C(=O)O)c(C)cc2C2CCCC2)n[nH]1.Cl.N#Cc1ccc(C2CCNCC2)cc1. The molecule has 2 aliphatic heterocycles. The van der Waals surface area contributed by atoms with Crippen LogP contribution >= 0.6 is 12.4 Å². The van der Waals surface area contributed by atoms with Crippen molar-refractivity contribution >= 4 is 24.3 Å². The normalized spacial score (nSPS) is 16.5. The Hall–Kier alpha value is -6.67. The smallest absolute Gasteiger partial charge is 0.335 e. The van der Waals surface area contributed by atoms with E-state index in [0.29, 0.717) is 46.4 Å². The lowest BCUT2D eigenvalue weighted by Gasteiger charge is -2.33. The summed E-state index contributed by atoms with van der Waals surface area (Å²) < 4.78 is 0. The van der Waals surface area contributed by atoms with Gasteiger partial charge in [0.15, 0.2) is 11.6 Å². The number of piperidine rings is 2. The van der Waals surface area contributed by atoms with E-state index >= 15 is 0 Å². The molecule has 0 unspecified atom stereocenters. The van der Waals surface area contributed by atoms with E-state index in [1.807, 2.05) is 62.1 Å². The minimum atomic E-state index is -0.904. The molecule has 10 rings (SSSR count). The number of nitriles is 2. The van der Waals surface area contributed by atoms with Crippen LogP contribution < -0.4 is 5.32 Å². The van der Waals surface area contributed by atoms with E-state index in [4.69, 9.17) is 10.5 Å². The van der Waals surface area contributed by atoms with E-state index in [0.717, 1.165) is 96.9 Å². The summed E-state index contributed by atoms with van der Waals surface area (Å²) >= 11 is 0. The second-order valence-corrected chi connectivity index (χ2v) is 19.3. The summed E-state index contributed by atoms with van der Waals surface area (Å²) in [6.45, 7) is 11.4. The molecule has 6 aromatic rings. The average molecular weight is 962 g/mol. The maximum absolute atomic E-state index is 13.6. The van der Waals surface area contributed by atoms with Gasteiger partial charge in [0, 0.05) is 29.8 Å². The lowest BCUT2D eigenvalue weighted by atomic mass is 9.87. The monoisotopic (exact) mass is 960 g/mol.